The van der Waals surface area contributed by atoms with Crippen molar-refractivity contribution in [1.82, 2.24) is 5.32 Å². The Balaban J connectivity index is 1.97. The molecule has 1 N–H and O–H groups in total. The highest BCUT2D eigenvalue weighted by Gasteiger charge is 2.37. The molecule has 21 heavy (non-hydrogen) atoms. The third kappa shape index (κ3) is 2.96. The molecule has 2 aliphatic rings. The summed E-state index contributed by atoms with van der Waals surface area (Å²) in [4.78, 5) is 0. The number of fused-ring (bicyclic) bond motifs is 1. The summed E-state index contributed by atoms with van der Waals surface area (Å²) in [5.41, 5.74) is 3.17. The molecule has 2 heteroatoms. The predicted octanol–water partition coefficient (Wildman–Crippen LogP) is 4.63. The van der Waals surface area contributed by atoms with Crippen LogP contribution in [0.2, 0.25) is 0 Å². The first-order chi connectivity index (χ1) is 10.2. The first-order valence-electron chi connectivity index (χ1n) is 8.72. The van der Waals surface area contributed by atoms with E-state index in [4.69, 9.17) is 4.74 Å². The summed E-state index contributed by atoms with van der Waals surface area (Å²) in [5, 5.41) is 3.78. The molecule has 0 radical (unpaired) electrons. The molecule has 1 fully saturated rings. The minimum atomic E-state index is 0.365. The quantitative estimate of drug-likeness (QED) is 0.871. The Labute approximate surface area is 129 Å². The average Bonchev–Trinajstić information content (AvgIpc) is 2.53. The van der Waals surface area contributed by atoms with Gasteiger partial charge in [-0.2, -0.15) is 0 Å². The number of benzene rings is 1. The molecule has 1 atom stereocenters. The number of aryl methyl sites for hydroxylation is 1. The molecule has 1 unspecified atom stereocenters. The van der Waals surface area contributed by atoms with Gasteiger partial charge in [-0.15, -0.1) is 0 Å². The third-order valence-corrected chi connectivity index (χ3v) is 5.38. The van der Waals surface area contributed by atoms with Crippen LogP contribution in [0.25, 0.3) is 0 Å². The number of para-hydroxylation sites is 1. The molecule has 0 spiro atoms. The molecule has 1 aliphatic carbocycles. The van der Waals surface area contributed by atoms with Crippen LogP contribution in [0.4, 0.5) is 0 Å². The first kappa shape index (κ1) is 14.9. The molecule has 2 nitrogen and oxygen atoms in total. The smallest absolute Gasteiger partial charge is 0.127 e. The van der Waals surface area contributed by atoms with Gasteiger partial charge < -0.3 is 10.1 Å². The highest BCUT2D eigenvalue weighted by Crippen LogP contribution is 2.48. The fourth-order valence-corrected chi connectivity index (χ4v) is 4.23. The van der Waals surface area contributed by atoms with E-state index in [2.05, 4.69) is 37.4 Å². The molecule has 0 aromatic heterocycles. The van der Waals surface area contributed by atoms with Crippen LogP contribution in [-0.2, 0) is 6.42 Å². The molecule has 3 rings (SSSR count). The Kier molecular flexibility index (Phi) is 4.54. The fourth-order valence-electron chi connectivity index (χ4n) is 4.23. The molecule has 1 heterocycles. The van der Waals surface area contributed by atoms with Gasteiger partial charge in [0, 0.05) is 11.6 Å². The van der Waals surface area contributed by atoms with E-state index in [0.717, 1.165) is 19.6 Å². The molecule has 0 bridgehead atoms. The number of rotatable bonds is 4. The van der Waals surface area contributed by atoms with E-state index in [1.54, 1.807) is 0 Å². The Bertz CT molecular complexity index is 476. The molecule has 0 saturated heterocycles. The average molecular weight is 287 g/mol. The summed E-state index contributed by atoms with van der Waals surface area (Å²) in [6.45, 7) is 6.58. The molecule has 1 saturated carbocycles. The zero-order valence-corrected chi connectivity index (χ0v) is 13.6. The Morgan fingerprint density at radius 1 is 1.19 bits per heavy atom. The number of nitrogens with one attached hydrogen (secondary N) is 1. The number of ether oxygens (including phenoxy) is 1. The van der Waals surface area contributed by atoms with Crippen LogP contribution in [0.1, 0.15) is 69.5 Å². The van der Waals surface area contributed by atoms with Gasteiger partial charge in [0.25, 0.3) is 0 Å². The predicted molar refractivity (Wildman–Crippen MR) is 87.9 cm³/mol. The first-order valence-corrected chi connectivity index (χ1v) is 8.72. The van der Waals surface area contributed by atoms with Crippen molar-refractivity contribution in [1.29, 1.82) is 0 Å². The van der Waals surface area contributed by atoms with Crippen LogP contribution in [0.5, 0.6) is 5.75 Å². The van der Waals surface area contributed by atoms with Crippen molar-refractivity contribution < 1.29 is 4.74 Å². The summed E-state index contributed by atoms with van der Waals surface area (Å²) < 4.78 is 6.08. The second-order valence-electron chi connectivity index (χ2n) is 6.99. The molecule has 1 aromatic rings. The molecule has 116 valence electrons. The Morgan fingerprint density at radius 3 is 2.76 bits per heavy atom. The third-order valence-electron chi connectivity index (χ3n) is 5.38. The number of hydrogen-bond acceptors (Lipinski definition) is 2. The fraction of sp³-hybridized carbons (Fsp3) is 0.684. The molecule has 1 aliphatic heterocycles. The van der Waals surface area contributed by atoms with Gasteiger partial charge >= 0.3 is 0 Å². The summed E-state index contributed by atoms with van der Waals surface area (Å²) in [6, 6.07) is 7.18. The minimum absolute atomic E-state index is 0.365. The van der Waals surface area contributed by atoms with Gasteiger partial charge in [0.2, 0.25) is 0 Å². The topological polar surface area (TPSA) is 21.3 Å². The highest BCUT2D eigenvalue weighted by molar-refractivity contribution is 5.45. The zero-order chi connectivity index (χ0) is 14.7. The maximum absolute atomic E-state index is 6.08. The highest BCUT2D eigenvalue weighted by atomic mass is 16.5. The summed E-state index contributed by atoms with van der Waals surface area (Å²) in [5.74, 6) is 1.18. The van der Waals surface area contributed by atoms with Crippen molar-refractivity contribution >= 4 is 0 Å². The molecule has 0 amide bonds. The monoisotopic (exact) mass is 287 g/mol. The van der Waals surface area contributed by atoms with Crippen molar-refractivity contribution in [3.05, 3.63) is 29.3 Å². The normalized spacial score (nSPS) is 22.2. The lowest BCUT2D eigenvalue weighted by Crippen LogP contribution is -2.38. The van der Waals surface area contributed by atoms with Crippen LogP contribution < -0.4 is 10.1 Å². The summed E-state index contributed by atoms with van der Waals surface area (Å²) in [6.07, 6.45) is 9.11. The van der Waals surface area contributed by atoms with Gasteiger partial charge in [-0.05, 0) is 43.2 Å². The lowest BCUT2D eigenvalue weighted by Gasteiger charge is -2.42. The Hall–Kier alpha value is -1.02. The van der Waals surface area contributed by atoms with E-state index in [-0.39, 0.29) is 0 Å². The van der Waals surface area contributed by atoms with Crippen LogP contribution >= 0.6 is 0 Å². The van der Waals surface area contributed by atoms with Crippen LogP contribution in [0.3, 0.4) is 0 Å². The van der Waals surface area contributed by atoms with Gasteiger partial charge in [-0.1, -0.05) is 51.3 Å². The van der Waals surface area contributed by atoms with E-state index < -0.39 is 0 Å². The van der Waals surface area contributed by atoms with Crippen LogP contribution in [-0.4, -0.2) is 13.2 Å². The maximum atomic E-state index is 6.08. The van der Waals surface area contributed by atoms with Crippen molar-refractivity contribution in [3.63, 3.8) is 0 Å². The van der Waals surface area contributed by atoms with Crippen molar-refractivity contribution in [2.24, 2.45) is 5.41 Å². The molecular weight excluding hydrogens is 258 g/mol. The van der Waals surface area contributed by atoms with Crippen molar-refractivity contribution in [2.45, 2.75) is 64.8 Å². The summed E-state index contributed by atoms with van der Waals surface area (Å²) >= 11 is 0. The van der Waals surface area contributed by atoms with E-state index in [1.165, 1.54) is 55.4 Å². The Morgan fingerprint density at radius 2 is 2.00 bits per heavy atom. The van der Waals surface area contributed by atoms with Crippen LogP contribution in [0, 0.1) is 5.41 Å². The molecular formula is C19H29NO. The van der Waals surface area contributed by atoms with Gasteiger partial charge in [-0.3, -0.25) is 0 Å². The lowest BCUT2D eigenvalue weighted by molar-refractivity contribution is 0.142. The van der Waals surface area contributed by atoms with Gasteiger partial charge in [-0.25, -0.2) is 0 Å². The maximum Gasteiger partial charge on any atom is 0.127 e. The van der Waals surface area contributed by atoms with E-state index in [1.807, 2.05) is 0 Å². The van der Waals surface area contributed by atoms with Gasteiger partial charge in [0.05, 0.1) is 6.61 Å². The van der Waals surface area contributed by atoms with Crippen LogP contribution in [0.15, 0.2) is 18.2 Å². The SMILES string of the molecule is CCNC(c1cccc2c1OCCC2)C1(C)CCCCC1. The lowest BCUT2D eigenvalue weighted by atomic mass is 9.68. The van der Waals surface area contributed by atoms with E-state index in [9.17, 15) is 0 Å². The minimum Gasteiger partial charge on any atom is -0.493 e. The largest absolute Gasteiger partial charge is 0.493 e. The molecule has 1 aromatic carbocycles. The zero-order valence-electron chi connectivity index (χ0n) is 13.6. The van der Waals surface area contributed by atoms with Gasteiger partial charge in [0.1, 0.15) is 5.75 Å². The van der Waals surface area contributed by atoms with Crippen molar-refractivity contribution in [2.75, 3.05) is 13.2 Å². The second-order valence-corrected chi connectivity index (χ2v) is 6.99. The van der Waals surface area contributed by atoms with Gasteiger partial charge in [0.15, 0.2) is 0 Å². The summed E-state index contributed by atoms with van der Waals surface area (Å²) in [7, 11) is 0. The van der Waals surface area contributed by atoms with Crippen molar-refractivity contribution in [3.8, 4) is 5.75 Å². The second kappa shape index (κ2) is 6.39. The van der Waals surface area contributed by atoms with E-state index >= 15 is 0 Å². The standard InChI is InChI=1S/C19H29NO/c1-3-20-18(19(2)12-5-4-6-13-19)16-11-7-9-15-10-8-14-21-17(15)16/h7,9,11,18,20H,3-6,8,10,12-14H2,1-2H3. The number of hydrogen-bond donors (Lipinski definition) is 1. The van der Waals surface area contributed by atoms with E-state index in [0.29, 0.717) is 11.5 Å².